The molecule has 0 fully saturated rings. The molecular formula is C19H23Si. The summed E-state index contributed by atoms with van der Waals surface area (Å²) in [6.07, 6.45) is 4.84. The second-order valence-electron chi connectivity index (χ2n) is 5.52. The van der Waals surface area contributed by atoms with Crippen LogP contribution in [-0.4, -0.2) is 8.80 Å². The summed E-state index contributed by atoms with van der Waals surface area (Å²) in [7, 11) is -0.778. The second-order valence-corrected chi connectivity index (χ2v) is 7.83. The van der Waals surface area contributed by atoms with E-state index in [1.165, 1.54) is 23.2 Å². The van der Waals surface area contributed by atoms with Crippen LogP contribution in [0.5, 0.6) is 0 Å². The number of hydrogen-bond acceptors (Lipinski definition) is 0. The molecule has 0 unspecified atom stereocenters. The van der Waals surface area contributed by atoms with Crippen LogP contribution in [0.15, 0.2) is 72.4 Å². The van der Waals surface area contributed by atoms with Crippen molar-refractivity contribution in [3.63, 3.8) is 0 Å². The normalized spacial score (nSPS) is 11.6. The summed E-state index contributed by atoms with van der Waals surface area (Å²) >= 11 is 0. The van der Waals surface area contributed by atoms with Gasteiger partial charge in [-0.2, -0.15) is 0 Å². The Morgan fingerprint density at radius 1 is 0.850 bits per heavy atom. The van der Waals surface area contributed by atoms with Crippen LogP contribution >= 0.6 is 0 Å². The summed E-state index contributed by atoms with van der Waals surface area (Å²) in [5.41, 5.74) is 2.46. The highest BCUT2D eigenvalue weighted by Crippen LogP contribution is 2.04. The van der Waals surface area contributed by atoms with Crippen molar-refractivity contribution in [2.45, 2.75) is 26.7 Å². The van der Waals surface area contributed by atoms with Crippen molar-refractivity contribution >= 4 is 19.2 Å². The smallest absolute Gasteiger partial charge is 0.0919 e. The van der Waals surface area contributed by atoms with Gasteiger partial charge in [-0.25, -0.2) is 0 Å². The first kappa shape index (κ1) is 14.8. The Balaban J connectivity index is 2.17. The molecule has 2 aromatic rings. The highest BCUT2D eigenvalue weighted by molar-refractivity contribution is 6.89. The molecule has 0 aromatic heterocycles. The SMILES string of the molecule is CC(C)CC/C=C/[Si](c1ccccc1)c1ccccc1. The highest BCUT2D eigenvalue weighted by Gasteiger charge is 2.12. The highest BCUT2D eigenvalue weighted by atomic mass is 28.3. The molecule has 0 aliphatic heterocycles. The van der Waals surface area contributed by atoms with Gasteiger partial charge in [0.15, 0.2) is 0 Å². The third-order valence-electron chi connectivity index (χ3n) is 3.36. The van der Waals surface area contributed by atoms with E-state index in [-0.39, 0.29) is 0 Å². The zero-order chi connectivity index (χ0) is 14.2. The Morgan fingerprint density at radius 3 is 1.80 bits per heavy atom. The molecular weight excluding hydrogens is 256 g/mol. The van der Waals surface area contributed by atoms with Crippen LogP contribution < -0.4 is 10.4 Å². The molecule has 0 amide bonds. The Bertz CT molecular complexity index is 474. The zero-order valence-corrected chi connectivity index (χ0v) is 13.4. The topological polar surface area (TPSA) is 0 Å². The van der Waals surface area contributed by atoms with Gasteiger partial charge in [-0.3, -0.25) is 0 Å². The molecule has 0 nitrogen and oxygen atoms in total. The van der Waals surface area contributed by atoms with Gasteiger partial charge in [-0.05, 0) is 18.8 Å². The van der Waals surface area contributed by atoms with Crippen molar-refractivity contribution < 1.29 is 0 Å². The van der Waals surface area contributed by atoms with Crippen molar-refractivity contribution in [1.29, 1.82) is 0 Å². The third-order valence-corrected chi connectivity index (χ3v) is 5.84. The monoisotopic (exact) mass is 279 g/mol. The molecule has 0 saturated heterocycles. The Morgan fingerprint density at radius 2 is 1.35 bits per heavy atom. The molecule has 0 saturated carbocycles. The van der Waals surface area contributed by atoms with Crippen LogP contribution in [0.4, 0.5) is 0 Å². The molecule has 0 aliphatic carbocycles. The maximum Gasteiger partial charge on any atom is 0.146 e. The Kier molecular flexibility index (Phi) is 5.81. The molecule has 2 aromatic carbocycles. The fraction of sp³-hybridized carbons (Fsp3) is 0.263. The van der Waals surface area contributed by atoms with Gasteiger partial charge in [-0.1, -0.05) is 96.7 Å². The van der Waals surface area contributed by atoms with E-state index in [1.807, 2.05) is 0 Å². The first-order chi connectivity index (χ1) is 9.77. The minimum Gasteiger partial charge on any atom is -0.0919 e. The predicted octanol–water partition coefficient (Wildman–Crippen LogP) is 3.83. The molecule has 2 rings (SSSR count). The molecule has 1 radical (unpaired) electrons. The fourth-order valence-electron chi connectivity index (χ4n) is 2.23. The summed E-state index contributed by atoms with van der Waals surface area (Å²) in [5.74, 6) is 0.781. The van der Waals surface area contributed by atoms with E-state index >= 15 is 0 Å². The van der Waals surface area contributed by atoms with Crippen LogP contribution in [0.2, 0.25) is 0 Å². The average Bonchev–Trinajstić information content (AvgIpc) is 2.49. The summed E-state index contributed by atoms with van der Waals surface area (Å²) in [5, 5.41) is 2.92. The molecule has 103 valence electrons. The third kappa shape index (κ3) is 4.50. The van der Waals surface area contributed by atoms with Gasteiger partial charge in [0.05, 0.1) is 0 Å². The first-order valence-electron chi connectivity index (χ1n) is 7.41. The Labute approximate surface area is 124 Å². The van der Waals surface area contributed by atoms with Crippen molar-refractivity contribution in [2.75, 3.05) is 0 Å². The van der Waals surface area contributed by atoms with Crippen LogP contribution in [-0.2, 0) is 0 Å². The molecule has 0 heterocycles. The zero-order valence-electron chi connectivity index (χ0n) is 12.4. The molecule has 0 bridgehead atoms. The van der Waals surface area contributed by atoms with E-state index < -0.39 is 8.80 Å². The number of benzene rings is 2. The first-order valence-corrected chi connectivity index (χ1v) is 8.99. The minimum absolute atomic E-state index is 0.778. The molecule has 0 N–H and O–H groups in total. The lowest BCUT2D eigenvalue weighted by atomic mass is 10.1. The molecule has 20 heavy (non-hydrogen) atoms. The summed E-state index contributed by atoms with van der Waals surface area (Å²) < 4.78 is 0. The van der Waals surface area contributed by atoms with Crippen LogP contribution in [0.3, 0.4) is 0 Å². The van der Waals surface area contributed by atoms with Gasteiger partial charge in [0, 0.05) is 0 Å². The number of rotatable bonds is 6. The van der Waals surface area contributed by atoms with Crippen molar-refractivity contribution in [2.24, 2.45) is 5.92 Å². The Hall–Kier alpha value is -1.60. The van der Waals surface area contributed by atoms with Gasteiger partial charge < -0.3 is 0 Å². The van der Waals surface area contributed by atoms with Crippen LogP contribution in [0.25, 0.3) is 0 Å². The van der Waals surface area contributed by atoms with E-state index in [4.69, 9.17) is 0 Å². The maximum absolute atomic E-state index is 2.46. The van der Waals surface area contributed by atoms with E-state index in [0.29, 0.717) is 0 Å². The van der Waals surface area contributed by atoms with Gasteiger partial charge in [0.2, 0.25) is 0 Å². The fourth-order valence-corrected chi connectivity index (χ4v) is 4.45. The van der Waals surface area contributed by atoms with Gasteiger partial charge >= 0.3 is 0 Å². The second kappa shape index (κ2) is 7.86. The molecule has 0 spiro atoms. The molecule has 0 atom stereocenters. The maximum atomic E-state index is 2.46. The van der Waals surface area contributed by atoms with Gasteiger partial charge in [-0.15, -0.1) is 0 Å². The minimum atomic E-state index is -0.778. The summed E-state index contributed by atoms with van der Waals surface area (Å²) in [4.78, 5) is 0. The number of allylic oxidation sites excluding steroid dienone is 1. The van der Waals surface area contributed by atoms with Crippen molar-refractivity contribution in [3.8, 4) is 0 Å². The van der Waals surface area contributed by atoms with E-state index in [0.717, 1.165) is 5.92 Å². The predicted molar refractivity (Wildman–Crippen MR) is 91.1 cm³/mol. The molecule has 1 heteroatoms. The van der Waals surface area contributed by atoms with E-state index in [1.54, 1.807) is 0 Å². The quantitative estimate of drug-likeness (QED) is 0.705. The molecule has 0 aliphatic rings. The van der Waals surface area contributed by atoms with E-state index in [2.05, 4.69) is 86.3 Å². The standard InChI is InChI=1S/C19H23Si/c1-17(2)11-9-10-16-20(18-12-5-3-6-13-18)19-14-7-4-8-15-19/h3-8,10,12-17H,9,11H2,1-2H3/b16-10+. The lowest BCUT2D eigenvalue weighted by molar-refractivity contribution is 0.594. The van der Waals surface area contributed by atoms with Crippen molar-refractivity contribution in [3.05, 3.63) is 72.4 Å². The lowest BCUT2D eigenvalue weighted by Gasteiger charge is -2.11. The summed E-state index contributed by atoms with van der Waals surface area (Å²) in [6, 6.07) is 21.8. The lowest BCUT2D eigenvalue weighted by Crippen LogP contribution is -2.40. The van der Waals surface area contributed by atoms with Crippen LogP contribution in [0.1, 0.15) is 26.7 Å². The van der Waals surface area contributed by atoms with E-state index in [9.17, 15) is 0 Å². The van der Waals surface area contributed by atoms with Gasteiger partial charge in [0.1, 0.15) is 8.80 Å². The van der Waals surface area contributed by atoms with Crippen molar-refractivity contribution in [1.82, 2.24) is 0 Å². The van der Waals surface area contributed by atoms with Crippen LogP contribution in [0, 0.1) is 5.92 Å². The van der Waals surface area contributed by atoms with Gasteiger partial charge in [0.25, 0.3) is 0 Å². The largest absolute Gasteiger partial charge is 0.146 e. The number of hydrogen-bond donors (Lipinski definition) is 0. The average molecular weight is 279 g/mol. The summed E-state index contributed by atoms with van der Waals surface area (Å²) in [6.45, 7) is 4.57.